The summed E-state index contributed by atoms with van der Waals surface area (Å²) in [4.78, 5) is 1.98. The Bertz CT molecular complexity index is 485. The zero-order chi connectivity index (χ0) is 14.4. The molecular formula is C15H20N2O3. The number of rotatable bonds is 4. The van der Waals surface area contributed by atoms with Gasteiger partial charge in [-0.05, 0) is 18.2 Å². The Labute approximate surface area is 119 Å². The summed E-state index contributed by atoms with van der Waals surface area (Å²) in [6.45, 7) is 2.50. The Hall–Kier alpha value is -1.58. The second-order valence-corrected chi connectivity index (χ2v) is 4.78. The fourth-order valence-corrected chi connectivity index (χ4v) is 2.14. The molecule has 5 nitrogen and oxygen atoms in total. The SMILES string of the molecule is NCC#Cc1cccc(OCCN2CC(O)C(O)C2)c1. The van der Waals surface area contributed by atoms with Gasteiger partial charge in [0.05, 0.1) is 18.8 Å². The van der Waals surface area contributed by atoms with E-state index in [-0.39, 0.29) is 0 Å². The summed E-state index contributed by atoms with van der Waals surface area (Å²) in [5.74, 6) is 6.52. The zero-order valence-corrected chi connectivity index (χ0v) is 11.3. The first-order valence-corrected chi connectivity index (χ1v) is 6.69. The maximum absolute atomic E-state index is 9.45. The van der Waals surface area contributed by atoms with E-state index in [0.717, 1.165) is 11.3 Å². The summed E-state index contributed by atoms with van der Waals surface area (Å²) in [6, 6.07) is 7.54. The molecule has 2 atom stereocenters. The minimum atomic E-state index is -0.648. The van der Waals surface area contributed by atoms with E-state index >= 15 is 0 Å². The molecule has 1 fully saturated rings. The van der Waals surface area contributed by atoms with Crippen LogP contribution in [0.4, 0.5) is 0 Å². The number of hydrogen-bond acceptors (Lipinski definition) is 5. The highest BCUT2D eigenvalue weighted by atomic mass is 16.5. The molecule has 0 aromatic heterocycles. The van der Waals surface area contributed by atoms with E-state index in [2.05, 4.69) is 11.8 Å². The highest BCUT2D eigenvalue weighted by molar-refractivity contribution is 5.39. The van der Waals surface area contributed by atoms with Crippen molar-refractivity contribution in [1.82, 2.24) is 4.90 Å². The fourth-order valence-electron chi connectivity index (χ4n) is 2.14. The third-order valence-corrected chi connectivity index (χ3v) is 3.18. The summed E-state index contributed by atoms with van der Waals surface area (Å²) < 4.78 is 5.66. The number of aliphatic hydroxyl groups is 2. The minimum Gasteiger partial charge on any atom is -0.492 e. The van der Waals surface area contributed by atoms with Gasteiger partial charge in [0.25, 0.3) is 0 Å². The summed E-state index contributed by atoms with van der Waals surface area (Å²) in [6.07, 6.45) is -1.30. The second-order valence-electron chi connectivity index (χ2n) is 4.78. The minimum absolute atomic E-state index is 0.338. The van der Waals surface area contributed by atoms with Crippen LogP contribution in [0, 0.1) is 11.8 Å². The number of aliphatic hydroxyl groups excluding tert-OH is 2. The van der Waals surface area contributed by atoms with Crippen LogP contribution in [-0.4, -0.2) is 60.1 Å². The van der Waals surface area contributed by atoms with E-state index in [1.54, 1.807) is 0 Å². The van der Waals surface area contributed by atoms with Gasteiger partial charge in [-0.15, -0.1) is 0 Å². The van der Waals surface area contributed by atoms with E-state index in [1.165, 1.54) is 0 Å². The van der Waals surface area contributed by atoms with E-state index in [9.17, 15) is 10.2 Å². The van der Waals surface area contributed by atoms with Crippen LogP contribution < -0.4 is 10.5 Å². The number of nitrogens with zero attached hydrogens (tertiary/aromatic N) is 1. The first kappa shape index (κ1) is 14.8. The van der Waals surface area contributed by atoms with Gasteiger partial charge in [-0.3, -0.25) is 4.90 Å². The molecule has 2 unspecified atom stereocenters. The van der Waals surface area contributed by atoms with Gasteiger partial charge in [-0.2, -0.15) is 0 Å². The van der Waals surface area contributed by atoms with Crippen molar-refractivity contribution in [1.29, 1.82) is 0 Å². The molecule has 5 heteroatoms. The topological polar surface area (TPSA) is 79.0 Å². The van der Waals surface area contributed by atoms with Crippen LogP contribution in [0.15, 0.2) is 24.3 Å². The molecule has 0 saturated carbocycles. The van der Waals surface area contributed by atoms with Crippen LogP contribution in [0.1, 0.15) is 5.56 Å². The average Bonchev–Trinajstić information content (AvgIpc) is 2.76. The predicted molar refractivity (Wildman–Crippen MR) is 76.3 cm³/mol. The normalized spacial score (nSPS) is 22.4. The Morgan fingerprint density at radius 3 is 2.75 bits per heavy atom. The number of nitrogens with two attached hydrogens (primary N) is 1. The number of likely N-dealkylation sites (tertiary alicyclic amines) is 1. The molecule has 1 aliphatic heterocycles. The van der Waals surface area contributed by atoms with Gasteiger partial charge >= 0.3 is 0 Å². The Morgan fingerprint density at radius 2 is 2.05 bits per heavy atom. The van der Waals surface area contributed by atoms with Crippen molar-refractivity contribution in [3.05, 3.63) is 29.8 Å². The quantitative estimate of drug-likeness (QED) is 0.641. The lowest BCUT2D eigenvalue weighted by Gasteiger charge is -2.15. The van der Waals surface area contributed by atoms with Crippen LogP contribution in [-0.2, 0) is 0 Å². The van der Waals surface area contributed by atoms with Crippen molar-refractivity contribution in [2.24, 2.45) is 5.73 Å². The largest absolute Gasteiger partial charge is 0.492 e. The van der Waals surface area contributed by atoms with Crippen molar-refractivity contribution in [2.75, 3.05) is 32.8 Å². The molecule has 2 rings (SSSR count). The van der Waals surface area contributed by atoms with E-state index in [0.29, 0.717) is 32.8 Å². The molecule has 4 N–H and O–H groups in total. The van der Waals surface area contributed by atoms with Crippen LogP contribution in [0.3, 0.4) is 0 Å². The van der Waals surface area contributed by atoms with Gasteiger partial charge in [-0.25, -0.2) is 0 Å². The van der Waals surface area contributed by atoms with E-state index < -0.39 is 12.2 Å². The molecule has 1 aliphatic rings. The highest BCUT2D eigenvalue weighted by Gasteiger charge is 2.28. The lowest BCUT2D eigenvalue weighted by Crippen LogP contribution is -2.27. The summed E-state index contributed by atoms with van der Waals surface area (Å²) in [5, 5.41) is 18.9. The van der Waals surface area contributed by atoms with Crippen molar-refractivity contribution in [2.45, 2.75) is 12.2 Å². The maximum Gasteiger partial charge on any atom is 0.120 e. The molecule has 1 heterocycles. The van der Waals surface area contributed by atoms with Crippen LogP contribution >= 0.6 is 0 Å². The molecule has 1 aromatic rings. The number of ether oxygens (including phenoxy) is 1. The highest BCUT2D eigenvalue weighted by Crippen LogP contribution is 2.13. The van der Waals surface area contributed by atoms with Gasteiger partial charge < -0.3 is 20.7 Å². The summed E-state index contributed by atoms with van der Waals surface area (Å²) in [7, 11) is 0. The van der Waals surface area contributed by atoms with E-state index in [4.69, 9.17) is 10.5 Å². The lowest BCUT2D eigenvalue weighted by atomic mass is 10.2. The molecule has 0 spiro atoms. The number of β-amino-alcohol motifs (C(OH)–C–C–N with tert-alkyl or cyclic N) is 2. The summed E-state index contributed by atoms with van der Waals surface area (Å²) >= 11 is 0. The Kier molecular flexibility index (Phi) is 5.39. The lowest BCUT2D eigenvalue weighted by molar-refractivity contribution is 0.0572. The van der Waals surface area contributed by atoms with Gasteiger partial charge in [0.2, 0.25) is 0 Å². The van der Waals surface area contributed by atoms with Gasteiger partial charge in [0, 0.05) is 25.2 Å². The first-order chi connectivity index (χ1) is 9.69. The molecule has 1 aromatic carbocycles. The summed E-state index contributed by atoms with van der Waals surface area (Å²) in [5.41, 5.74) is 6.21. The number of hydrogen-bond donors (Lipinski definition) is 3. The van der Waals surface area contributed by atoms with Crippen molar-refractivity contribution < 1.29 is 14.9 Å². The molecule has 108 valence electrons. The predicted octanol–water partition coefficient (Wildman–Crippen LogP) is -0.587. The van der Waals surface area contributed by atoms with Crippen LogP contribution in [0.25, 0.3) is 0 Å². The van der Waals surface area contributed by atoms with Crippen molar-refractivity contribution >= 4 is 0 Å². The maximum atomic E-state index is 9.45. The van der Waals surface area contributed by atoms with E-state index in [1.807, 2.05) is 29.2 Å². The van der Waals surface area contributed by atoms with Crippen molar-refractivity contribution in [3.63, 3.8) is 0 Å². The van der Waals surface area contributed by atoms with Crippen molar-refractivity contribution in [3.8, 4) is 17.6 Å². The van der Waals surface area contributed by atoms with Crippen LogP contribution in [0.5, 0.6) is 5.75 Å². The van der Waals surface area contributed by atoms with Gasteiger partial charge in [0.15, 0.2) is 0 Å². The Balaban J connectivity index is 1.79. The third kappa shape index (κ3) is 4.22. The molecule has 0 radical (unpaired) electrons. The third-order valence-electron chi connectivity index (χ3n) is 3.18. The van der Waals surface area contributed by atoms with Gasteiger partial charge in [0.1, 0.15) is 12.4 Å². The fraction of sp³-hybridized carbons (Fsp3) is 0.467. The Morgan fingerprint density at radius 1 is 1.30 bits per heavy atom. The number of benzene rings is 1. The first-order valence-electron chi connectivity index (χ1n) is 6.69. The molecule has 0 amide bonds. The molecule has 0 aliphatic carbocycles. The molecule has 1 saturated heterocycles. The second kappa shape index (κ2) is 7.27. The molecule has 20 heavy (non-hydrogen) atoms. The van der Waals surface area contributed by atoms with Crippen LogP contribution in [0.2, 0.25) is 0 Å². The zero-order valence-electron chi connectivity index (χ0n) is 11.3. The average molecular weight is 276 g/mol. The standard InChI is InChI=1S/C15H20N2O3/c16-6-2-4-12-3-1-5-13(9-12)20-8-7-17-10-14(18)15(19)11-17/h1,3,5,9,14-15,18-19H,6-8,10-11,16H2. The molecular weight excluding hydrogens is 256 g/mol. The van der Waals surface area contributed by atoms with Gasteiger partial charge in [-0.1, -0.05) is 17.9 Å². The smallest absolute Gasteiger partial charge is 0.120 e. The molecule has 0 bridgehead atoms. The monoisotopic (exact) mass is 276 g/mol.